The van der Waals surface area contributed by atoms with E-state index in [0.717, 1.165) is 20.2 Å². The second-order valence-electron chi connectivity index (χ2n) is 2.92. The van der Waals surface area contributed by atoms with E-state index in [4.69, 9.17) is 11.6 Å². The van der Waals surface area contributed by atoms with Crippen LogP contribution in [0.2, 0.25) is 5.02 Å². The summed E-state index contributed by atoms with van der Waals surface area (Å²) in [4.78, 5) is 4.50. The van der Waals surface area contributed by atoms with Gasteiger partial charge in [0.25, 0.3) is 0 Å². The highest BCUT2D eigenvalue weighted by Crippen LogP contribution is 2.34. The Balaban J connectivity index is 2.28. The zero-order valence-corrected chi connectivity index (χ0v) is 12.2. The fourth-order valence-corrected chi connectivity index (χ4v) is 3.28. The molecule has 0 saturated carbocycles. The number of aromatic nitrogens is 1. The van der Waals surface area contributed by atoms with Crippen molar-refractivity contribution in [1.82, 2.24) is 4.98 Å². The van der Waals surface area contributed by atoms with E-state index in [9.17, 15) is 0 Å². The number of alkyl halides is 1. The lowest BCUT2D eigenvalue weighted by Crippen LogP contribution is -1.90. The Bertz CT molecular complexity index is 455. The Hall–Kier alpha value is 0.1000. The number of hydrogen-bond donors (Lipinski definition) is 0. The summed E-state index contributed by atoms with van der Waals surface area (Å²) in [6, 6.07) is 7.76. The molecular weight excluding hydrogens is 361 g/mol. The third-order valence-corrected chi connectivity index (χ3v) is 5.01. The molecule has 0 bridgehead atoms. The standard InChI is InChI=1S/C10H6Br2ClNS/c11-8-5-15-10(14-8)9(12)6-1-3-7(13)4-2-6/h1-5,9H. The van der Waals surface area contributed by atoms with Crippen LogP contribution in [0.3, 0.4) is 0 Å². The van der Waals surface area contributed by atoms with Crippen molar-refractivity contribution >= 4 is 54.8 Å². The molecule has 0 fully saturated rings. The van der Waals surface area contributed by atoms with E-state index < -0.39 is 0 Å². The molecule has 0 amide bonds. The van der Waals surface area contributed by atoms with Gasteiger partial charge in [-0.1, -0.05) is 39.7 Å². The molecule has 1 atom stereocenters. The summed E-state index contributed by atoms with van der Waals surface area (Å²) in [5, 5.41) is 3.75. The summed E-state index contributed by atoms with van der Waals surface area (Å²) in [7, 11) is 0. The highest BCUT2D eigenvalue weighted by molar-refractivity contribution is 9.10. The first-order valence-electron chi connectivity index (χ1n) is 4.17. The minimum Gasteiger partial charge on any atom is -0.233 e. The average Bonchev–Trinajstić information content (AvgIpc) is 2.65. The lowest BCUT2D eigenvalue weighted by atomic mass is 10.2. The number of hydrogen-bond acceptors (Lipinski definition) is 2. The molecule has 1 aromatic carbocycles. The highest BCUT2D eigenvalue weighted by Gasteiger charge is 2.13. The van der Waals surface area contributed by atoms with Crippen LogP contribution in [0.25, 0.3) is 0 Å². The largest absolute Gasteiger partial charge is 0.233 e. The van der Waals surface area contributed by atoms with Gasteiger partial charge in [0.1, 0.15) is 9.61 Å². The van der Waals surface area contributed by atoms with Crippen LogP contribution in [0.1, 0.15) is 15.4 Å². The third-order valence-electron chi connectivity index (χ3n) is 1.87. The van der Waals surface area contributed by atoms with Crippen LogP contribution in [0.5, 0.6) is 0 Å². The van der Waals surface area contributed by atoms with Crippen molar-refractivity contribution in [3.63, 3.8) is 0 Å². The molecule has 2 rings (SSSR count). The SMILES string of the molecule is Clc1ccc(C(Br)c2nc(Br)cs2)cc1. The summed E-state index contributed by atoms with van der Waals surface area (Å²) in [6.45, 7) is 0. The van der Waals surface area contributed by atoms with Gasteiger partial charge in [-0.05, 0) is 33.6 Å². The highest BCUT2D eigenvalue weighted by atomic mass is 79.9. The van der Waals surface area contributed by atoms with Gasteiger partial charge in [0, 0.05) is 10.4 Å². The van der Waals surface area contributed by atoms with Crippen molar-refractivity contribution in [3.05, 3.63) is 49.8 Å². The lowest BCUT2D eigenvalue weighted by molar-refractivity contribution is 1.11. The molecule has 0 aliphatic carbocycles. The molecule has 0 aliphatic rings. The smallest absolute Gasteiger partial charge is 0.117 e. The van der Waals surface area contributed by atoms with Crippen LogP contribution in [0.15, 0.2) is 34.2 Å². The van der Waals surface area contributed by atoms with Crippen molar-refractivity contribution in [2.75, 3.05) is 0 Å². The predicted octanol–water partition coefficient (Wildman–Crippen LogP) is 5.04. The third kappa shape index (κ3) is 2.81. The van der Waals surface area contributed by atoms with Gasteiger partial charge in [0.15, 0.2) is 0 Å². The molecule has 0 radical (unpaired) electrons. The van der Waals surface area contributed by atoms with E-state index in [0.29, 0.717) is 0 Å². The summed E-state index contributed by atoms with van der Waals surface area (Å²) >= 11 is 14.4. The topological polar surface area (TPSA) is 12.9 Å². The van der Waals surface area contributed by atoms with Crippen molar-refractivity contribution in [1.29, 1.82) is 0 Å². The maximum atomic E-state index is 5.83. The Labute approximate surface area is 114 Å². The monoisotopic (exact) mass is 365 g/mol. The number of thiazole rings is 1. The minimum absolute atomic E-state index is 0.131. The minimum atomic E-state index is 0.131. The maximum Gasteiger partial charge on any atom is 0.117 e. The molecule has 0 saturated heterocycles. The molecular formula is C10H6Br2ClNS. The first-order valence-corrected chi connectivity index (χ1v) is 7.14. The zero-order valence-electron chi connectivity index (χ0n) is 7.45. The van der Waals surface area contributed by atoms with Crippen LogP contribution in [0.4, 0.5) is 0 Å². The van der Waals surface area contributed by atoms with Gasteiger partial charge in [-0.2, -0.15) is 0 Å². The molecule has 0 spiro atoms. The zero-order chi connectivity index (χ0) is 10.8. The van der Waals surface area contributed by atoms with E-state index in [1.807, 2.05) is 29.6 Å². The molecule has 1 nitrogen and oxygen atoms in total. The van der Waals surface area contributed by atoms with E-state index in [1.165, 1.54) is 0 Å². The van der Waals surface area contributed by atoms with E-state index >= 15 is 0 Å². The average molecular weight is 367 g/mol. The molecule has 1 heterocycles. The molecule has 2 aromatic rings. The summed E-state index contributed by atoms with van der Waals surface area (Å²) in [6.07, 6.45) is 0. The first kappa shape index (κ1) is 11.6. The normalized spacial score (nSPS) is 12.7. The second-order valence-corrected chi connectivity index (χ2v) is 5.98. The van der Waals surface area contributed by atoms with Gasteiger partial charge in [-0.25, -0.2) is 4.98 Å². The fraction of sp³-hybridized carbons (Fsp3) is 0.100. The Morgan fingerprint density at radius 2 is 1.93 bits per heavy atom. The molecule has 0 N–H and O–H groups in total. The van der Waals surface area contributed by atoms with E-state index in [2.05, 4.69) is 36.8 Å². The molecule has 78 valence electrons. The fourth-order valence-electron chi connectivity index (χ4n) is 1.16. The van der Waals surface area contributed by atoms with Gasteiger partial charge in [0.05, 0.1) is 4.83 Å². The molecule has 1 unspecified atom stereocenters. The lowest BCUT2D eigenvalue weighted by Gasteiger charge is -2.06. The number of benzene rings is 1. The first-order chi connectivity index (χ1) is 7.16. The summed E-state index contributed by atoms with van der Waals surface area (Å²) < 4.78 is 0.876. The van der Waals surface area contributed by atoms with Crippen molar-refractivity contribution in [2.45, 2.75) is 4.83 Å². The summed E-state index contributed by atoms with van der Waals surface area (Å²) in [5.74, 6) is 0. The van der Waals surface area contributed by atoms with Gasteiger partial charge in [-0.3, -0.25) is 0 Å². The van der Waals surface area contributed by atoms with Gasteiger partial charge in [-0.15, -0.1) is 11.3 Å². The quantitative estimate of drug-likeness (QED) is 0.678. The Kier molecular flexibility index (Phi) is 3.83. The Morgan fingerprint density at radius 1 is 1.27 bits per heavy atom. The number of nitrogens with zero attached hydrogens (tertiary/aromatic N) is 1. The van der Waals surface area contributed by atoms with Crippen LogP contribution >= 0.6 is 54.8 Å². The van der Waals surface area contributed by atoms with Crippen LogP contribution in [-0.2, 0) is 0 Å². The molecule has 5 heteroatoms. The van der Waals surface area contributed by atoms with Crippen molar-refractivity contribution in [2.24, 2.45) is 0 Å². The Morgan fingerprint density at radius 3 is 2.47 bits per heavy atom. The second kappa shape index (κ2) is 4.95. The van der Waals surface area contributed by atoms with Gasteiger partial charge >= 0.3 is 0 Å². The van der Waals surface area contributed by atoms with Crippen molar-refractivity contribution in [3.8, 4) is 0 Å². The number of rotatable bonds is 2. The van der Waals surface area contributed by atoms with Crippen molar-refractivity contribution < 1.29 is 0 Å². The maximum absolute atomic E-state index is 5.83. The van der Waals surface area contributed by atoms with E-state index in [1.54, 1.807) is 11.3 Å². The molecule has 15 heavy (non-hydrogen) atoms. The molecule has 0 aliphatic heterocycles. The molecule has 1 aromatic heterocycles. The van der Waals surface area contributed by atoms with E-state index in [-0.39, 0.29) is 4.83 Å². The van der Waals surface area contributed by atoms with Crippen LogP contribution < -0.4 is 0 Å². The number of halogens is 3. The van der Waals surface area contributed by atoms with Gasteiger partial charge < -0.3 is 0 Å². The summed E-state index contributed by atoms with van der Waals surface area (Å²) in [5.41, 5.74) is 1.15. The van der Waals surface area contributed by atoms with Crippen LogP contribution in [-0.4, -0.2) is 4.98 Å². The van der Waals surface area contributed by atoms with Crippen LogP contribution in [0, 0.1) is 0 Å². The van der Waals surface area contributed by atoms with Gasteiger partial charge in [0.2, 0.25) is 0 Å². The predicted molar refractivity (Wildman–Crippen MR) is 72.0 cm³/mol.